The molecule has 1 fully saturated rings. The number of rotatable bonds is 9. The number of ether oxygens (including phenoxy) is 1. The van der Waals surface area contributed by atoms with Crippen molar-refractivity contribution in [1.29, 1.82) is 0 Å². The Bertz CT molecular complexity index is 1770. The van der Waals surface area contributed by atoms with Crippen LogP contribution >= 0.6 is 11.3 Å². The quantitative estimate of drug-likeness (QED) is 0.234. The molecule has 3 heterocycles. The van der Waals surface area contributed by atoms with E-state index in [-0.39, 0.29) is 18.2 Å². The maximum absolute atomic E-state index is 13.2. The molecule has 43 heavy (non-hydrogen) atoms. The first kappa shape index (κ1) is 28.8. The van der Waals surface area contributed by atoms with Gasteiger partial charge in [0.25, 0.3) is 5.91 Å². The van der Waals surface area contributed by atoms with Gasteiger partial charge in [-0.15, -0.1) is 11.3 Å². The fraction of sp³-hybridized carbons (Fsp3) is 0.265. The SMILES string of the molecule is Cc1ccccc1C(=O)n1ccc2cc(-c3nc(NC(=O)Cc4cccc(OCCN5CCNCC5)c4)sc3C)ccc21. The van der Waals surface area contributed by atoms with Crippen molar-refractivity contribution in [1.82, 2.24) is 19.8 Å². The first-order valence-electron chi connectivity index (χ1n) is 14.6. The number of anilines is 1. The zero-order chi connectivity index (χ0) is 29.8. The van der Waals surface area contributed by atoms with Gasteiger partial charge in [0.15, 0.2) is 5.13 Å². The molecule has 0 spiro atoms. The Balaban J connectivity index is 1.09. The summed E-state index contributed by atoms with van der Waals surface area (Å²) in [5, 5.41) is 7.85. The maximum Gasteiger partial charge on any atom is 0.262 e. The van der Waals surface area contributed by atoms with Gasteiger partial charge in [-0.25, -0.2) is 4.98 Å². The monoisotopic (exact) mass is 593 g/mol. The second kappa shape index (κ2) is 12.9. The fourth-order valence-electron chi connectivity index (χ4n) is 5.45. The molecule has 8 nitrogen and oxygen atoms in total. The Kier molecular flexibility index (Phi) is 8.64. The van der Waals surface area contributed by atoms with E-state index in [9.17, 15) is 9.59 Å². The molecule has 0 saturated carbocycles. The van der Waals surface area contributed by atoms with Crippen LogP contribution in [0.4, 0.5) is 5.13 Å². The molecule has 1 aliphatic heterocycles. The number of carbonyl (C=O) groups is 2. The average molecular weight is 594 g/mol. The number of benzene rings is 3. The molecule has 5 aromatic rings. The van der Waals surface area contributed by atoms with Gasteiger partial charge in [-0.05, 0) is 61.4 Å². The third kappa shape index (κ3) is 6.69. The molecule has 1 saturated heterocycles. The van der Waals surface area contributed by atoms with Gasteiger partial charge in [0.1, 0.15) is 12.4 Å². The van der Waals surface area contributed by atoms with Crippen LogP contribution in [-0.4, -0.2) is 65.6 Å². The summed E-state index contributed by atoms with van der Waals surface area (Å²) in [6.45, 7) is 9.58. The number of aryl methyl sites for hydroxylation is 2. The molecule has 1 aliphatic rings. The van der Waals surface area contributed by atoms with E-state index in [4.69, 9.17) is 9.72 Å². The number of thiazole rings is 1. The molecule has 3 aromatic carbocycles. The van der Waals surface area contributed by atoms with Crippen LogP contribution in [0.25, 0.3) is 22.2 Å². The van der Waals surface area contributed by atoms with Gasteiger partial charge < -0.3 is 15.4 Å². The lowest BCUT2D eigenvalue weighted by atomic mass is 10.1. The smallest absolute Gasteiger partial charge is 0.262 e. The first-order chi connectivity index (χ1) is 20.9. The van der Waals surface area contributed by atoms with E-state index in [1.807, 2.05) is 92.8 Å². The van der Waals surface area contributed by atoms with Gasteiger partial charge in [-0.3, -0.25) is 19.1 Å². The summed E-state index contributed by atoms with van der Waals surface area (Å²) in [5.74, 6) is 0.598. The third-order valence-electron chi connectivity index (χ3n) is 7.75. The number of nitrogens with one attached hydrogen (secondary N) is 2. The number of hydrogen-bond acceptors (Lipinski definition) is 7. The summed E-state index contributed by atoms with van der Waals surface area (Å²) in [4.78, 5) is 34.3. The predicted molar refractivity (Wildman–Crippen MR) is 172 cm³/mol. The lowest BCUT2D eigenvalue weighted by Gasteiger charge is -2.26. The van der Waals surface area contributed by atoms with Crippen molar-refractivity contribution in [3.63, 3.8) is 0 Å². The van der Waals surface area contributed by atoms with Crippen LogP contribution < -0.4 is 15.4 Å². The normalized spacial score (nSPS) is 13.7. The van der Waals surface area contributed by atoms with E-state index in [0.717, 1.165) is 76.6 Å². The Morgan fingerprint density at radius 2 is 1.84 bits per heavy atom. The van der Waals surface area contributed by atoms with Crippen molar-refractivity contribution in [3.8, 4) is 17.0 Å². The highest BCUT2D eigenvalue weighted by atomic mass is 32.1. The van der Waals surface area contributed by atoms with E-state index in [1.165, 1.54) is 11.3 Å². The molecule has 0 atom stereocenters. The van der Waals surface area contributed by atoms with Crippen molar-refractivity contribution in [3.05, 3.63) is 101 Å². The molecule has 6 rings (SSSR count). The summed E-state index contributed by atoms with van der Waals surface area (Å²) >= 11 is 1.45. The Hall–Kier alpha value is -4.31. The molecular formula is C34H35N5O3S. The summed E-state index contributed by atoms with van der Waals surface area (Å²) in [7, 11) is 0. The molecule has 0 aliphatic carbocycles. The fourth-order valence-corrected chi connectivity index (χ4v) is 6.30. The molecule has 2 aromatic heterocycles. The van der Waals surface area contributed by atoms with Crippen LogP contribution in [0.1, 0.15) is 26.4 Å². The second-order valence-electron chi connectivity index (χ2n) is 10.8. The van der Waals surface area contributed by atoms with Crippen LogP contribution in [0, 0.1) is 13.8 Å². The highest BCUT2D eigenvalue weighted by Gasteiger charge is 2.17. The topological polar surface area (TPSA) is 88.5 Å². The number of carbonyl (C=O) groups excluding carboxylic acids is 2. The van der Waals surface area contributed by atoms with Crippen LogP contribution in [-0.2, 0) is 11.2 Å². The number of hydrogen-bond donors (Lipinski definition) is 2. The molecule has 0 unspecified atom stereocenters. The minimum Gasteiger partial charge on any atom is -0.492 e. The highest BCUT2D eigenvalue weighted by molar-refractivity contribution is 7.16. The van der Waals surface area contributed by atoms with E-state index in [0.29, 0.717) is 17.3 Å². The average Bonchev–Trinajstić information content (AvgIpc) is 3.60. The lowest BCUT2D eigenvalue weighted by molar-refractivity contribution is -0.115. The van der Waals surface area contributed by atoms with E-state index in [2.05, 4.69) is 15.5 Å². The number of piperazine rings is 1. The van der Waals surface area contributed by atoms with Crippen LogP contribution in [0.2, 0.25) is 0 Å². The number of aromatic nitrogens is 2. The number of nitrogens with zero attached hydrogens (tertiary/aromatic N) is 3. The Morgan fingerprint density at radius 3 is 2.67 bits per heavy atom. The van der Waals surface area contributed by atoms with Gasteiger partial charge in [0, 0.05) is 60.3 Å². The minimum atomic E-state index is -0.125. The zero-order valence-corrected chi connectivity index (χ0v) is 25.2. The predicted octanol–water partition coefficient (Wildman–Crippen LogP) is 5.54. The van der Waals surface area contributed by atoms with E-state index >= 15 is 0 Å². The minimum absolute atomic E-state index is 0.0528. The van der Waals surface area contributed by atoms with Crippen molar-refractivity contribution >= 4 is 39.2 Å². The van der Waals surface area contributed by atoms with Crippen molar-refractivity contribution in [2.24, 2.45) is 0 Å². The standard InChI is InChI=1S/C34H35N5O3S/c1-23-6-3-4-9-29(23)33(41)39-15-12-26-22-27(10-11-30(26)39)32-24(2)43-34(37-32)36-31(40)21-25-7-5-8-28(20-25)42-19-18-38-16-13-35-14-17-38/h3-12,15,20,22,35H,13-14,16-19,21H2,1-2H3,(H,36,37,40). The largest absolute Gasteiger partial charge is 0.492 e. The summed E-state index contributed by atoms with van der Waals surface area (Å²) in [6, 6.07) is 23.3. The van der Waals surface area contributed by atoms with Crippen LogP contribution in [0.15, 0.2) is 79.0 Å². The number of amides is 1. The molecule has 2 N–H and O–H groups in total. The molecule has 0 radical (unpaired) electrons. The van der Waals surface area contributed by atoms with Gasteiger partial charge in [-0.2, -0.15) is 0 Å². The molecule has 1 amide bonds. The summed E-state index contributed by atoms with van der Waals surface area (Å²) in [6.07, 6.45) is 2.05. The van der Waals surface area contributed by atoms with E-state index < -0.39 is 0 Å². The lowest BCUT2D eigenvalue weighted by Crippen LogP contribution is -2.44. The van der Waals surface area contributed by atoms with Crippen LogP contribution in [0.5, 0.6) is 5.75 Å². The second-order valence-corrected chi connectivity index (χ2v) is 12.0. The van der Waals surface area contributed by atoms with Gasteiger partial charge in [0.2, 0.25) is 5.91 Å². The molecule has 9 heteroatoms. The Morgan fingerprint density at radius 1 is 1.00 bits per heavy atom. The zero-order valence-electron chi connectivity index (χ0n) is 24.4. The third-order valence-corrected chi connectivity index (χ3v) is 8.64. The van der Waals surface area contributed by atoms with Gasteiger partial charge in [-0.1, -0.05) is 36.4 Å². The van der Waals surface area contributed by atoms with Gasteiger partial charge in [0.05, 0.1) is 17.6 Å². The molecular weight excluding hydrogens is 558 g/mol. The number of fused-ring (bicyclic) bond motifs is 1. The molecule has 0 bridgehead atoms. The Labute approximate surface area is 255 Å². The highest BCUT2D eigenvalue weighted by Crippen LogP contribution is 2.33. The van der Waals surface area contributed by atoms with Crippen molar-refractivity contribution in [2.75, 3.05) is 44.6 Å². The maximum atomic E-state index is 13.2. The van der Waals surface area contributed by atoms with E-state index in [1.54, 1.807) is 4.57 Å². The van der Waals surface area contributed by atoms with Crippen molar-refractivity contribution < 1.29 is 14.3 Å². The van der Waals surface area contributed by atoms with Crippen molar-refractivity contribution in [2.45, 2.75) is 20.3 Å². The summed E-state index contributed by atoms with van der Waals surface area (Å²) < 4.78 is 7.65. The first-order valence-corrected chi connectivity index (χ1v) is 15.4. The van der Waals surface area contributed by atoms with Gasteiger partial charge >= 0.3 is 0 Å². The molecule has 220 valence electrons. The summed E-state index contributed by atoms with van der Waals surface area (Å²) in [5.41, 5.74) is 5.12. The van der Waals surface area contributed by atoms with Crippen LogP contribution in [0.3, 0.4) is 0 Å².